The number of hydrazine groups is 1. The Bertz CT molecular complexity index is 703. The van der Waals surface area contributed by atoms with Crippen molar-refractivity contribution in [1.29, 1.82) is 0 Å². The van der Waals surface area contributed by atoms with Crippen LogP contribution < -0.4 is 10.6 Å². The van der Waals surface area contributed by atoms with Gasteiger partial charge in [0.05, 0.1) is 0 Å². The molecule has 0 radical (unpaired) electrons. The Labute approximate surface area is 136 Å². The van der Waals surface area contributed by atoms with Gasteiger partial charge < -0.3 is 5.32 Å². The summed E-state index contributed by atoms with van der Waals surface area (Å²) in [5.41, 5.74) is -1.65. The zero-order valence-corrected chi connectivity index (χ0v) is 12.6. The molecule has 0 saturated carbocycles. The van der Waals surface area contributed by atoms with Gasteiger partial charge >= 0.3 is 11.9 Å². The standard InChI is InChI=1S/C14H15N5O5/c20-11-14(10-4-2-1-3-5-10,17-8-6-15-7-9-17)12(21)18(19(23)24)13(22)16-11/h1-5,15H,6-9H2,(H,16,20,22). The average molecular weight is 333 g/mol. The summed E-state index contributed by atoms with van der Waals surface area (Å²) < 4.78 is 0. The molecule has 1 atom stereocenters. The molecule has 10 nitrogen and oxygen atoms in total. The summed E-state index contributed by atoms with van der Waals surface area (Å²) in [5, 5.41) is 15.0. The van der Waals surface area contributed by atoms with Gasteiger partial charge in [0.25, 0.3) is 5.91 Å². The van der Waals surface area contributed by atoms with Crippen molar-refractivity contribution in [1.82, 2.24) is 20.5 Å². The molecular weight excluding hydrogens is 318 g/mol. The zero-order valence-electron chi connectivity index (χ0n) is 12.6. The van der Waals surface area contributed by atoms with Crippen LogP contribution in [-0.2, 0) is 15.1 Å². The van der Waals surface area contributed by atoms with E-state index in [1.165, 1.54) is 0 Å². The lowest BCUT2D eigenvalue weighted by atomic mass is 9.83. The first-order valence-corrected chi connectivity index (χ1v) is 7.35. The second kappa shape index (κ2) is 5.98. The lowest BCUT2D eigenvalue weighted by Gasteiger charge is -2.44. The Hall–Kier alpha value is -2.85. The monoisotopic (exact) mass is 333 g/mol. The molecule has 0 aliphatic carbocycles. The normalized spacial score (nSPS) is 25.5. The third-order valence-electron chi connectivity index (χ3n) is 4.19. The molecule has 4 amide bonds. The number of urea groups is 1. The van der Waals surface area contributed by atoms with Crippen LogP contribution in [0.4, 0.5) is 4.79 Å². The van der Waals surface area contributed by atoms with Gasteiger partial charge in [-0.3, -0.25) is 19.8 Å². The SMILES string of the molecule is O=C1NC(=O)C(c2ccccc2)(N2CCNCC2)C(=O)N1[N+](=O)[O-]. The molecule has 3 rings (SSSR count). The number of rotatable bonds is 3. The van der Waals surface area contributed by atoms with Gasteiger partial charge in [-0.15, -0.1) is 0 Å². The molecule has 0 bridgehead atoms. The fraction of sp³-hybridized carbons (Fsp3) is 0.357. The van der Waals surface area contributed by atoms with E-state index in [1.54, 1.807) is 35.2 Å². The predicted molar refractivity (Wildman–Crippen MR) is 79.9 cm³/mol. The van der Waals surface area contributed by atoms with E-state index in [0.717, 1.165) is 0 Å². The van der Waals surface area contributed by atoms with E-state index in [0.29, 0.717) is 26.2 Å². The lowest BCUT2D eigenvalue weighted by Crippen LogP contribution is -2.74. The van der Waals surface area contributed by atoms with Gasteiger partial charge in [-0.25, -0.2) is 14.9 Å². The van der Waals surface area contributed by atoms with E-state index in [-0.39, 0.29) is 10.6 Å². The molecule has 1 aromatic carbocycles. The number of hydrogen-bond acceptors (Lipinski definition) is 7. The smallest absolute Gasteiger partial charge is 0.314 e. The Morgan fingerprint density at radius 2 is 1.71 bits per heavy atom. The van der Waals surface area contributed by atoms with Gasteiger partial charge in [0.15, 0.2) is 5.03 Å². The van der Waals surface area contributed by atoms with Crippen molar-refractivity contribution in [2.75, 3.05) is 26.2 Å². The summed E-state index contributed by atoms with van der Waals surface area (Å²) in [6.45, 7) is 1.69. The quantitative estimate of drug-likeness (QED) is 0.415. The van der Waals surface area contributed by atoms with Crippen molar-refractivity contribution in [3.05, 3.63) is 46.0 Å². The van der Waals surface area contributed by atoms with Gasteiger partial charge in [0.2, 0.25) is 5.54 Å². The highest BCUT2D eigenvalue weighted by atomic mass is 16.7. The summed E-state index contributed by atoms with van der Waals surface area (Å²) in [4.78, 5) is 50.2. The van der Waals surface area contributed by atoms with E-state index in [1.807, 2.05) is 5.32 Å². The molecule has 10 heteroatoms. The van der Waals surface area contributed by atoms with Crippen molar-refractivity contribution in [3.8, 4) is 0 Å². The molecule has 2 fully saturated rings. The highest BCUT2D eigenvalue weighted by Gasteiger charge is 2.63. The van der Waals surface area contributed by atoms with E-state index < -0.39 is 28.4 Å². The van der Waals surface area contributed by atoms with Gasteiger partial charge in [-0.05, 0) is 5.56 Å². The molecule has 24 heavy (non-hydrogen) atoms. The number of amides is 4. The zero-order chi connectivity index (χ0) is 17.3. The fourth-order valence-electron chi connectivity index (χ4n) is 3.13. The Morgan fingerprint density at radius 3 is 2.29 bits per heavy atom. The minimum Gasteiger partial charge on any atom is -0.314 e. The average Bonchev–Trinajstić information content (AvgIpc) is 2.56. The fourth-order valence-corrected chi connectivity index (χ4v) is 3.13. The summed E-state index contributed by atoms with van der Waals surface area (Å²) in [7, 11) is 0. The third kappa shape index (κ3) is 2.23. The highest BCUT2D eigenvalue weighted by Crippen LogP contribution is 2.34. The van der Waals surface area contributed by atoms with Crippen LogP contribution in [0.3, 0.4) is 0 Å². The van der Waals surface area contributed by atoms with Crippen molar-refractivity contribution < 1.29 is 19.4 Å². The van der Waals surface area contributed by atoms with E-state index >= 15 is 0 Å². The number of nitro groups is 1. The maximum atomic E-state index is 12.9. The Kier molecular flexibility index (Phi) is 3.99. The largest absolute Gasteiger partial charge is 0.391 e. The first kappa shape index (κ1) is 16.0. The first-order valence-electron chi connectivity index (χ1n) is 7.35. The number of hydrogen-bond donors (Lipinski definition) is 2. The molecule has 0 aromatic heterocycles. The molecule has 0 spiro atoms. The van der Waals surface area contributed by atoms with Gasteiger partial charge in [-0.1, -0.05) is 30.3 Å². The predicted octanol–water partition coefficient (Wildman–Crippen LogP) is -0.943. The molecule has 2 heterocycles. The highest BCUT2D eigenvalue weighted by molar-refractivity contribution is 6.21. The van der Waals surface area contributed by atoms with Gasteiger partial charge in [0, 0.05) is 31.2 Å². The van der Waals surface area contributed by atoms with Crippen LogP contribution in [0.5, 0.6) is 0 Å². The number of piperazine rings is 1. The first-order chi connectivity index (χ1) is 11.5. The van der Waals surface area contributed by atoms with Gasteiger partial charge in [0.1, 0.15) is 0 Å². The van der Waals surface area contributed by atoms with E-state index in [4.69, 9.17) is 0 Å². The number of nitrogens with zero attached hydrogens (tertiary/aromatic N) is 3. The van der Waals surface area contributed by atoms with Crippen LogP contribution in [0.15, 0.2) is 30.3 Å². The maximum absolute atomic E-state index is 12.9. The summed E-state index contributed by atoms with van der Waals surface area (Å²) in [6, 6.07) is 6.72. The number of carbonyl (C=O) groups excluding carboxylic acids is 3. The van der Waals surface area contributed by atoms with Crippen LogP contribution >= 0.6 is 0 Å². The summed E-state index contributed by atoms with van der Waals surface area (Å²) >= 11 is 0. The molecule has 2 aliphatic rings. The van der Waals surface area contributed by atoms with E-state index in [2.05, 4.69) is 5.32 Å². The van der Waals surface area contributed by atoms with Crippen molar-refractivity contribution in [3.63, 3.8) is 0 Å². The molecule has 2 saturated heterocycles. The molecule has 126 valence electrons. The minimum atomic E-state index is -1.94. The topological polar surface area (TPSA) is 125 Å². The number of benzene rings is 1. The van der Waals surface area contributed by atoms with Crippen LogP contribution in [0, 0.1) is 10.1 Å². The second-order valence-electron chi connectivity index (χ2n) is 5.43. The number of imide groups is 2. The van der Waals surface area contributed by atoms with Crippen molar-refractivity contribution >= 4 is 17.8 Å². The second-order valence-corrected chi connectivity index (χ2v) is 5.43. The molecular formula is C14H15N5O5. The number of carbonyl (C=O) groups is 3. The van der Waals surface area contributed by atoms with E-state index in [9.17, 15) is 24.5 Å². The lowest BCUT2D eigenvalue weighted by molar-refractivity contribution is -0.614. The maximum Gasteiger partial charge on any atom is 0.391 e. The van der Waals surface area contributed by atoms with Crippen molar-refractivity contribution in [2.24, 2.45) is 0 Å². The third-order valence-corrected chi connectivity index (χ3v) is 4.19. The minimum absolute atomic E-state index is 0.129. The van der Waals surface area contributed by atoms with Crippen LogP contribution in [0.25, 0.3) is 0 Å². The summed E-state index contributed by atoms with van der Waals surface area (Å²) in [6.07, 6.45) is 0. The number of barbiturate groups is 1. The van der Waals surface area contributed by atoms with Crippen LogP contribution in [0.2, 0.25) is 0 Å². The molecule has 1 unspecified atom stereocenters. The number of nitrogens with one attached hydrogen (secondary N) is 2. The Balaban J connectivity index is 2.19. The van der Waals surface area contributed by atoms with Gasteiger partial charge in [-0.2, -0.15) is 0 Å². The Morgan fingerprint density at radius 1 is 1.08 bits per heavy atom. The van der Waals surface area contributed by atoms with Crippen molar-refractivity contribution in [2.45, 2.75) is 5.54 Å². The summed E-state index contributed by atoms with van der Waals surface area (Å²) in [5.74, 6) is -2.04. The molecule has 2 N–H and O–H groups in total. The van der Waals surface area contributed by atoms with Crippen LogP contribution in [0.1, 0.15) is 5.56 Å². The molecule has 1 aromatic rings. The molecule has 2 aliphatic heterocycles. The van der Waals surface area contributed by atoms with Crippen LogP contribution in [-0.4, -0.2) is 59.0 Å².